The van der Waals surface area contributed by atoms with E-state index in [9.17, 15) is 9.18 Å². The average molecular weight is 296 g/mol. The van der Waals surface area contributed by atoms with Crippen LogP contribution in [-0.4, -0.2) is 10.9 Å². The zero-order valence-corrected chi connectivity index (χ0v) is 11.6. The number of anilines is 1. The van der Waals surface area contributed by atoms with E-state index < -0.39 is 5.82 Å². The molecule has 1 heterocycles. The maximum absolute atomic E-state index is 14.1. The highest BCUT2D eigenvalue weighted by Crippen LogP contribution is 2.24. The quantitative estimate of drug-likeness (QED) is 0.799. The van der Waals surface area contributed by atoms with E-state index in [4.69, 9.17) is 4.42 Å². The lowest BCUT2D eigenvalue weighted by Gasteiger charge is -2.07. The molecule has 3 rings (SSSR count). The van der Waals surface area contributed by atoms with E-state index in [-0.39, 0.29) is 12.3 Å². The number of carbonyl (C=O) groups is 1. The van der Waals surface area contributed by atoms with Crippen molar-refractivity contribution in [3.05, 3.63) is 72.5 Å². The number of benzene rings is 2. The fourth-order valence-electron chi connectivity index (χ4n) is 2.13. The molecular weight excluding hydrogens is 283 g/mol. The predicted molar refractivity (Wildman–Crippen MR) is 80.7 cm³/mol. The Morgan fingerprint density at radius 3 is 2.68 bits per heavy atom. The first-order valence-corrected chi connectivity index (χ1v) is 6.74. The molecule has 0 bridgehead atoms. The molecule has 1 N–H and O–H groups in total. The summed E-state index contributed by atoms with van der Waals surface area (Å²) in [7, 11) is 0. The number of carbonyl (C=O) groups excluding carboxylic acids is 1. The Bertz CT molecular complexity index is 771. The van der Waals surface area contributed by atoms with Gasteiger partial charge in [-0.25, -0.2) is 9.37 Å². The van der Waals surface area contributed by atoms with E-state index in [0.29, 0.717) is 17.0 Å². The molecule has 0 saturated carbocycles. The molecule has 0 spiro atoms. The van der Waals surface area contributed by atoms with Crippen molar-refractivity contribution >= 4 is 11.6 Å². The van der Waals surface area contributed by atoms with Crippen LogP contribution in [0.5, 0.6) is 0 Å². The summed E-state index contributed by atoms with van der Waals surface area (Å²) >= 11 is 0. The first kappa shape index (κ1) is 14.0. The molecule has 110 valence electrons. The minimum atomic E-state index is -0.478. The molecule has 5 heteroatoms. The first-order valence-electron chi connectivity index (χ1n) is 6.74. The van der Waals surface area contributed by atoms with Crippen molar-refractivity contribution in [3.63, 3.8) is 0 Å². The summed E-state index contributed by atoms with van der Waals surface area (Å²) in [6, 6.07) is 13.8. The summed E-state index contributed by atoms with van der Waals surface area (Å²) in [6.07, 6.45) is 2.92. The molecule has 3 aromatic rings. The lowest BCUT2D eigenvalue weighted by molar-refractivity contribution is -0.115. The maximum Gasteiger partial charge on any atom is 0.228 e. The second-order valence-corrected chi connectivity index (χ2v) is 4.77. The van der Waals surface area contributed by atoms with Crippen LogP contribution in [0.25, 0.3) is 11.3 Å². The number of hydrogen-bond donors (Lipinski definition) is 1. The van der Waals surface area contributed by atoms with Crippen LogP contribution in [0, 0.1) is 5.82 Å². The van der Waals surface area contributed by atoms with E-state index in [1.54, 1.807) is 12.1 Å². The summed E-state index contributed by atoms with van der Waals surface area (Å²) < 4.78 is 19.1. The fraction of sp³-hybridized carbons (Fsp3) is 0.0588. The number of nitrogens with zero attached hydrogens (tertiary/aromatic N) is 1. The summed E-state index contributed by atoms with van der Waals surface area (Å²) in [6.45, 7) is 0. The zero-order valence-electron chi connectivity index (χ0n) is 11.6. The summed E-state index contributed by atoms with van der Waals surface area (Å²) in [4.78, 5) is 15.7. The number of oxazole rings is 1. The fourth-order valence-corrected chi connectivity index (χ4v) is 2.13. The normalized spacial score (nSPS) is 10.4. The molecule has 0 aliphatic heterocycles. The van der Waals surface area contributed by atoms with Gasteiger partial charge in [-0.2, -0.15) is 0 Å². The minimum Gasteiger partial charge on any atom is -0.443 e. The lowest BCUT2D eigenvalue weighted by atomic mass is 10.1. The van der Waals surface area contributed by atoms with Crippen molar-refractivity contribution in [2.45, 2.75) is 6.42 Å². The highest BCUT2D eigenvalue weighted by molar-refractivity contribution is 5.92. The second kappa shape index (κ2) is 6.22. The van der Waals surface area contributed by atoms with Crippen molar-refractivity contribution in [1.29, 1.82) is 0 Å². The van der Waals surface area contributed by atoms with Gasteiger partial charge in [0, 0.05) is 5.69 Å². The summed E-state index contributed by atoms with van der Waals surface area (Å²) in [5.41, 5.74) is 1.61. The van der Waals surface area contributed by atoms with Crippen molar-refractivity contribution in [2.75, 3.05) is 5.32 Å². The largest absolute Gasteiger partial charge is 0.443 e. The summed E-state index contributed by atoms with van der Waals surface area (Å²) in [5, 5.41) is 2.68. The minimum absolute atomic E-state index is 0.196. The van der Waals surface area contributed by atoms with Gasteiger partial charge in [0.2, 0.25) is 5.91 Å². The number of halogens is 1. The Hall–Kier alpha value is -2.95. The Balaban J connectivity index is 1.71. The van der Waals surface area contributed by atoms with Crippen LogP contribution >= 0.6 is 0 Å². The molecule has 0 radical (unpaired) electrons. The van der Waals surface area contributed by atoms with Gasteiger partial charge in [-0.3, -0.25) is 4.79 Å². The van der Waals surface area contributed by atoms with E-state index in [0.717, 1.165) is 5.56 Å². The SMILES string of the molecule is O=C(Cc1ccccc1)Nc1ccc(-c2cnco2)c(F)c1. The van der Waals surface area contributed by atoms with Crippen LogP contribution in [0.3, 0.4) is 0 Å². The highest BCUT2D eigenvalue weighted by Gasteiger charge is 2.10. The van der Waals surface area contributed by atoms with Crippen LogP contribution in [0.2, 0.25) is 0 Å². The number of aromatic nitrogens is 1. The molecule has 0 aliphatic carbocycles. The van der Waals surface area contributed by atoms with Gasteiger partial charge in [-0.1, -0.05) is 30.3 Å². The van der Waals surface area contributed by atoms with E-state index in [1.807, 2.05) is 30.3 Å². The number of rotatable bonds is 4. The van der Waals surface area contributed by atoms with Gasteiger partial charge in [0.25, 0.3) is 0 Å². The van der Waals surface area contributed by atoms with Crippen LogP contribution in [0.4, 0.5) is 10.1 Å². The highest BCUT2D eigenvalue weighted by atomic mass is 19.1. The lowest BCUT2D eigenvalue weighted by Crippen LogP contribution is -2.14. The van der Waals surface area contributed by atoms with Crippen LogP contribution < -0.4 is 5.32 Å². The third-order valence-electron chi connectivity index (χ3n) is 3.16. The summed E-state index contributed by atoms with van der Waals surface area (Å²) in [5.74, 6) is -0.327. The molecule has 4 nitrogen and oxygen atoms in total. The van der Waals surface area contributed by atoms with Crippen molar-refractivity contribution in [3.8, 4) is 11.3 Å². The van der Waals surface area contributed by atoms with Gasteiger partial charge in [0.05, 0.1) is 18.2 Å². The first-order chi connectivity index (χ1) is 10.7. The monoisotopic (exact) mass is 296 g/mol. The second-order valence-electron chi connectivity index (χ2n) is 4.77. The molecule has 0 unspecified atom stereocenters. The Kier molecular flexibility index (Phi) is 3.96. The smallest absolute Gasteiger partial charge is 0.228 e. The maximum atomic E-state index is 14.1. The van der Waals surface area contributed by atoms with Gasteiger partial charge in [0.15, 0.2) is 12.2 Å². The average Bonchev–Trinajstić information content (AvgIpc) is 3.02. The van der Waals surface area contributed by atoms with Gasteiger partial charge in [-0.05, 0) is 23.8 Å². The van der Waals surface area contributed by atoms with E-state index >= 15 is 0 Å². The Morgan fingerprint density at radius 1 is 1.18 bits per heavy atom. The van der Waals surface area contributed by atoms with Crippen LogP contribution in [0.15, 0.2) is 65.5 Å². The zero-order chi connectivity index (χ0) is 15.4. The van der Waals surface area contributed by atoms with E-state index in [1.165, 1.54) is 18.7 Å². The molecule has 22 heavy (non-hydrogen) atoms. The molecule has 0 fully saturated rings. The number of nitrogens with one attached hydrogen (secondary N) is 1. The Morgan fingerprint density at radius 2 is 2.00 bits per heavy atom. The molecular formula is C17H13FN2O2. The predicted octanol–water partition coefficient (Wildman–Crippen LogP) is 3.66. The van der Waals surface area contributed by atoms with Gasteiger partial charge in [-0.15, -0.1) is 0 Å². The molecule has 0 aliphatic rings. The Labute approximate surface area is 126 Å². The van der Waals surface area contributed by atoms with E-state index in [2.05, 4.69) is 10.3 Å². The van der Waals surface area contributed by atoms with Crippen LogP contribution in [-0.2, 0) is 11.2 Å². The molecule has 1 aromatic heterocycles. The topological polar surface area (TPSA) is 55.1 Å². The van der Waals surface area contributed by atoms with Crippen molar-refractivity contribution in [2.24, 2.45) is 0 Å². The van der Waals surface area contributed by atoms with Gasteiger partial charge < -0.3 is 9.73 Å². The molecule has 0 atom stereocenters. The number of amides is 1. The van der Waals surface area contributed by atoms with Crippen LogP contribution in [0.1, 0.15) is 5.56 Å². The number of hydrogen-bond acceptors (Lipinski definition) is 3. The van der Waals surface area contributed by atoms with Crippen molar-refractivity contribution in [1.82, 2.24) is 4.98 Å². The van der Waals surface area contributed by atoms with Crippen molar-refractivity contribution < 1.29 is 13.6 Å². The molecule has 2 aromatic carbocycles. The van der Waals surface area contributed by atoms with Gasteiger partial charge >= 0.3 is 0 Å². The molecule has 0 saturated heterocycles. The molecule has 1 amide bonds. The third kappa shape index (κ3) is 3.20. The third-order valence-corrected chi connectivity index (χ3v) is 3.16. The van der Waals surface area contributed by atoms with Gasteiger partial charge in [0.1, 0.15) is 5.82 Å². The standard InChI is InChI=1S/C17H13FN2O2/c18-15-9-13(6-7-14(15)16-10-19-11-22-16)20-17(21)8-12-4-2-1-3-5-12/h1-7,9-11H,8H2,(H,20,21).